The van der Waals surface area contributed by atoms with Gasteiger partial charge in [-0.3, -0.25) is 14.6 Å². The quantitative estimate of drug-likeness (QED) is 0.813. The number of rotatable bonds is 4. The highest BCUT2D eigenvalue weighted by atomic mass is 19.4. The fraction of sp³-hybridized carbons (Fsp3) is 0.375. The molecule has 10 heteroatoms. The fourth-order valence-electron chi connectivity index (χ4n) is 2.37. The second-order valence-electron chi connectivity index (χ2n) is 6.02. The summed E-state index contributed by atoms with van der Waals surface area (Å²) < 4.78 is 39.2. The molecule has 0 aliphatic heterocycles. The van der Waals surface area contributed by atoms with Crippen molar-refractivity contribution in [2.45, 2.75) is 38.0 Å². The maximum atomic E-state index is 12.5. The van der Waals surface area contributed by atoms with Crippen molar-refractivity contribution in [2.24, 2.45) is 0 Å². The number of nitrogens with one attached hydrogen (secondary N) is 2. The molecule has 26 heavy (non-hydrogen) atoms. The van der Waals surface area contributed by atoms with Crippen molar-refractivity contribution in [1.82, 2.24) is 20.1 Å². The van der Waals surface area contributed by atoms with Crippen molar-refractivity contribution in [3.63, 3.8) is 0 Å². The normalized spacial score (nSPS) is 15.4. The Labute approximate surface area is 146 Å². The summed E-state index contributed by atoms with van der Waals surface area (Å²) in [6, 6.07) is 3.18. The predicted octanol–water partition coefficient (Wildman–Crippen LogP) is 2.45. The van der Waals surface area contributed by atoms with Gasteiger partial charge < -0.3 is 10.6 Å². The van der Waals surface area contributed by atoms with Crippen LogP contribution in [0.2, 0.25) is 0 Å². The zero-order chi connectivity index (χ0) is 18.9. The number of alkyl halides is 3. The number of hydrogen-bond acceptors (Lipinski definition) is 4. The summed E-state index contributed by atoms with van der Waals surface area (Å²) in [4.78, 5) is 27.4. The van der Waals surface area contributed by atoms with Gasteiger partial charge in [0.2, 0.25) is 0 Å². The minimum atomic E-state index is -4.53. The van der Waals surface area contributed by atoms with Crippen LogP contribution in [-0.2, 0) is 15.8 Å². The lowest BCUT2D eigenvalue weighted by Crippen LogP contribution is -2.37. The van der Waals surface area contributed by atoms with E-state index in [1.54, 1.807) is 17.7 Å². The molecule has 2 aromatic rings. The molecule has 138 valence electrons. The summed E-state index contributed by atoms with van der Waals surface area (Å²) >= 11 is 0. The van der Waals surface area contributed by atoms with E-state index in [2.05, 4.69) is 20.7 Å². The Hall–Kier alpha value is -2.91. The number of halogens is 3. The van der Waals surface area contributed by atoms with Gasteiger partial charge in [-0.1, -0.05) is 6.07 Å². The third kappa shape index (κ3) is 4.01. The molecule has 2 N–H and O–H groups in total. The molecule has 3 rings (SSSR count). The monoisotopic (exact) mass is 367 g/mol. The summed E-state index contributed by atoms with van der Waals surface area (Å²) in [5.74, 6) is -1.35. The number of pyridine rings is 1. The average Bonchev–Trinajstić information content (AvgIpc) is 3.33. The zero-order valence-corrected chi connectivity index (χ0v) is 13.7. The predicted molar refractivity (Wildman–Crippen MR) is 84.9 cm³/mol. The van der Waals surface area contributed by atoms with E-state index in [9.17, 15) is 22.8 Å². The first-order valence-electron chi connectivity index (χ1n) is 7.94. The van der Waals surface area contributed by atoms with E-state index in [1.165, 1.54) is 12.3 Å². The van der Waals surface area contributed by atoms with Crippen LogP contribution in [0.25, 0.3) is 0 Å². The minimum Gasteiger partial charge on any atom is -0.341 e. The SMILES string of the molecule is C[C@@H](NC(=O)C(=O)Nc1ccnn1C1CC1)c1ccc(C(F)(F)F)nc1. The summed E-state index contributed by atoms with van der Waals surface area (Å²) in [6.45, 7) is 1.55. The molecule has 0 bridgehead atoms. The third-order valence-corrected chi connectivity index (χ3v) is 3.94. The highest BCUT2D eigenvalue weighted by Gasteiger charge is 2.32. The molecular weight excluding hydrogens is 351 g/mol. The first-order valence-corrected chi connectivity index (χ1v) is 7.94. The highest BCUT2D eigenvalue weighted by molar-refractivity contribution is 6.39. The summed E-state index contributed by atoms with van der Waals surface area (Å²) in [5, 5.41) is 9.01. The largest absolute Gasteiger partial charge is 0.433 e. The van der Waals surface area contributed by atoms with Crippen molar-refractivity contribution in [3.8, 4) is 0 Å². The van der Waals surface area contributed by atoms with E-state index in [1.807, 2.05) is 0 Å². The molecular formula is C16H16F3N5O2. The maximum absolute atomic E-state index is 12.5. The lowest BCUT2D eigenvalue weighted by Gasteiger charge is -2.15. The molecule has 2 heterocycles. The van der Waals surface area contributed by atoms with Crippen LogP contribution in [0.5, 0.6) is 0 Å². The van der Waals surface area contributed by atoms with Gasteiger partial charge in [0.15, 0.2) is 0 Å². The Kier molecular flexibility index (Phi) is 4.66. The lowest BCUT2D eigenvalue weighted by atomic mass is 10.1. The van der Waals surface area contributed by atoms with Crippen LogP contribution in [0, 0.1) is 0 Å². The number of amides is 2. The van der Waals surface area contributed by atoms with Gasteiger partial charge in [0, 0.05) is 12.3 Å². The second kappa shape index (κ2) is 6.77. The van der Waals surface area contributed by atoms with Crippen LogP contribution in [0.3, 0.4) is 0 Å². The molecule has 7 nitrogen and oxygen atoms in total. The highest BCUT2D eigenvalue weighted by Crippen LogP contribution is 2.36. The van der Waals surface area contributed by atoms with Gasteiger partial charge in [0.05, 0.1) is 18.3 Å². The zero-order valence-electron chi connectivity index (χ0n) is 13.7. The molecule has 1 aliphatic rings. The Balaban J connectivity index is 1.59. The van der Waals surface area contributed by atoms with Crippen LogP contribution in [0.4, 0.5) is 19.0 Å². The standard InChI is InChI=1S/C16H16F3N5O2/c1-9(10-2-5-12(20-8-10)16(17,18)19)22-14(25)15(26)23-13-6-7-21-24(13)11-3-4-11/h2,5-9,11H,3-4H2,1H3,(H,22,25)(H,23,26)/t9-/m1/s1. The molecule has 1 saturated carbocycles. The van der Waals surface area contributed by atoms with E-state index < -0.39 is 29.7 Å². The van der Waals surface area contributed by atoms with E-state index in [4.69, 9.17) is 0 Å². The van der Waals surface area contributed by atoms with E-state index in [0.717, 1.165) is 25.1 Å². The molecule has 0 spiro atoms. The number of hydrogen-bond donors (Lipinski definition) is 2. The summed E-state index contributed by atoms with van der Waals surface area (Å²) in [7, 11) is 0. The topological polar surface area (TPSA) is 88.9 Å². The first-order chi connectivity index (χ1) is 12.3. The van der Waals surface area contributed by atoms with Crippen molar-refractivity contribution in [1.29, 1.82) is 0 Å². The Morgan fingerprint density at radius 3 is 2.54 bits per heavy atom. The van der Waals surface area contributed by atoms with Crippen LogP contribution in [-0.4, -0.2) is 26.6 Å². The summed E-state index contributed by atoms with van der Waals surface area (Å²) in [5.41, 5.74) is -0.673. The molecule has 0 radical (unpaired) electrons. The van der Waals surface area contributed by atoms with E-state index >= 15 is 0 Å². The number of carbonyl (C=O) groups excluding carboxylic acids is 2. The number of nitrogens with zero attached hydrogens (tertiary/aromatic N) is 3. The lowest BCUT2D eigenvalue weighted by molar-refractivity contribution is -0.141. The molecule has 1 aliphatic carbocycles. The Morgan fingerprint density at radius 1 is 1.23 bits per heavy atom. The Morgan fingerprint density at radius 2 is 1.96 bits per heavy atom. The number of anilines is 1. The first kappa shape index (κ1) is 17.9. The van der Waals surface area contributed by atoms with Gasteiger partial charge >= 0.3 is 18.0 Å². The molecule has 1 fully saturated rings. The van der Waals surface area contributed by atoms with Gasteiger partial charge in [-0.2, -0.15) is 18.3 Å². The van der Waals surface area contributed by atoms with Crippen LogP contribution in [0.1, 0.15) is 43.1 Å². The molecule has 2 aromatic heterocycles. The van der Waals surface area contributed by atoms with E-state index in [0.29, 0.717) is 11.4 Å². The maximum Gasteiger partial charge on any atom is 0.433 e. The van der Waals surface area contributed by atoms with Crippen molar-refractivity contribution < 1.29 is 22.8 Å². The van der Waals surface area contributed by atoms with Crippen molar-refractivity contribution in [3.05, 3.63) is 41.9 Å². The number of aromatic nitrogens is 3. The van der Waals surface area contributed by atoms with Gasteiger partial charge in [0.1, 0.15) is 11.5 Å². The average molecular weight is 367 g/mol. The molecule has 0 saturated heterocycles. The third-order valence-electron chi connectivity index (χ3n) is 3.94. The number of carbonyl (C=O) groups is 2. The summed E-state index contributed by atoms with van der Waals surface area (Å²) in [6.07, 6.45) is -0.0466. The van der Waals surface area contributed by atoms with Gasteiger partial charge in [-0.25, -0.2) is 4.68 Å². The minimum absolute atomic E-state index is 0.237. The fourth-order valence-corrected chi connectivity index (χ4v) is 2.37. The van der Waals surface area contributed by atoms with Crippen molar-refractivity contribution in [2.75, 3.05) is 5.32 Å². The van der Waals surface area contributed by atoms with Gasteiger partial charge in [-0.15, -0.1) is 0 Å². The van der Waals surface area contributed by atoms with Crippen molar-refractivity contribution >= 4 is 17.6 Å². The van der Waals surface area contributed by atoms with Crippen LogP contribution >= 0.6 is 0 Å². The smallest absolute Gasteiger partial charge is 0.341 e. The van der Waals surface area contributed by atoms with E-state index in [-0.39, 0.29) is 6.04 Å². The van der Waals surface area contributed by atoms with Gasteiger partial charge in [-0.05, 0) is 31.4 Å². The molecule has 2 amide bonds. The molecule has 0 aromatic carbocycles. The molecule has 1 atom stereocenters. The van der Waals surface area contributed by atoms with Gasteiger partial charge in [0.25, 0.3) is 0 Å². The second-order valence-corrected chi connectivity index (χ2v) is 6.02. The van der Waals surface area contributed by atoms with Crippen LogP contribution in [0.15, 0.2) is 30.6 Å². The van der Waals surface area contributed by atoms with Crippen LogP contribution < -0.4 is 10.6 Å². The molecule has 0 unspecified atom stereocenters. The Bertz CT molecular complexity index is 812.